The molecule has 0 aliphatic heterocycles. The highest BCUT2D eigenvalue weighted by molar-refractivity contribution is 7.89. The van der Waals surface area contributed by atoms with Crippen molar-refractivity contribution in [2.45, 2.75) is 11.4 Å². The van der Waals surface area contributed by atoms with Gasteiger partial charge in [-0.2, -0.15) is 15.0 Å². The molecule has 0 bridgehead atoms. The van der Waals surface area contributed by atoms with Crippen molar-refractivity contribution in [3.8, 4) is 16.8 Å². The highest BCUT2D eigenvalue weighted by atomic mass is 32.2. The summed E-state index contributed by atoms with van der Waals surface area (Å²) in [4.78, 5) is 1.71. The number of para-hydroxylation sites is 1. The summed E-state index contributed by atoms with van der Waals surface area (Å²) >= 11 is 0. The second kappa shape index (κ2) is 7.75. The maximum Gasteiger partial charge on any atom is 0.241 e. The molecule has 4 aromatic rings. The molecule has 0 amide bonds. The molecule has 0 aliphatic carbocycles. The third kappa shape index (κ3) is 3.85. The number of aromatic nitrogens is 3. The zero-order valence-corrected chi connectivity index (χ0v) is 15.8. The predicted molar refractivity (Wildman–Crippen MR) is 107 cm³/mol. The maximum atomic E-state index is 12.9. The van der Waals surface area contributed by atoms with Gasteiger partial charge in [0.1, 0.15) is 0 Å². The fourth-order valence-corrected chi connectivity index (χ4v) is 4.09. The van der Waals surface area contributed by atoms with Crippen LogP contribution < -0.4 is 4.72 Å². The van der Waals surface area contributed by atoms with Crippen molar-refractivity contribution in [1.29, 1.82) is 0 Å². The average Bonchev–Trinajstić information content (AvgIpc) is 3.23. The van der Waals surface area contributed by atoms with E-state index in [2.05, 4.69) is 14.9 Å². The minimum atomic E-state index is -3.72. The number of rotatable bonds is 6. The Morgan fingerprint density at radius 2 is 1.46 bits per heavy atom. The summed E-state index contributed by atoms with van der Waals surface area (Å²) in [6.45, 7) is 0.0539. The van der Waals surface area contributed by atoms with Crippen molar-refractivity contribution in [2.75, 3.05) is 0 Å². The molecule has 0 saturated heterocycles. The average molecular weight is 390 g/mol. The van der Waals surface area contributed by atoms with Crippen molar-refractivity contribution in [3.63, 3.8) is 0 Å². The molecule has 1 N–H and O–H groups in total. The van der Waals surface area contributed by atoms with Gasteiger partial charge in [0.05, 0.1) is 29.0 Å². The first-order valence-electron chi connectivity index (χ1n) is 8.74. The van der Waals surface area contributed by atoms with Gasteiger partial charge in [-0.15, -0.1) is 0 Å². The highest BCUT2D eigenvalue weighted by Gasteiger charge is 2.19. The van der Waals surface area contributed by atoms with E-state index in [1.807, 2.05) is 66.7 Å². The van der Waals surface area contributed by atoms with Crippen LogP contribution in [-0.2, 0) is 16.6 Å². The van der Waals surface area contributed by atoms with Gasteiger partial charge in [-0.25, -0.2) is 13.1 Å². The van der Waals surface area contributed by atoms with E-state index < -0.39 is 10.0 Å². The van der Waals surface area contributed by atoms with E-state index in [0.29, 0.717) is 11.3 Å². The van der Waals surface area contributed by atoms with Gasteiger partial charge in [0, 0.05) is 5.56 Å². The second-order valence-corrected chi connectivity index (χ2v) is 7.88. The highest BCUT2D eigenvalue weighted by Crippen LogP contribution is 2.26. The first-order chi connectivity index (χ1) is 13.6. The Kier molecular flexibility index (Phi) is 5.01. The summed E-state index contributed by atoms with van der Waals surface area (Å²) in [5.41, 5.74) is 2.85. The fourth-order valence-electron chi connectivity index (χ4n) is 2.87. The van der Waals surface area contributed by atoms with Gasteiger partial charge in [-0.3, -0.25) is 0 Å². The van der Waals surface area contributed by atoms with Crippen LogP contribution in [0.15, 0.2) is 96.0 Å². The maximum absolute atomic E-state index is 12.9. The normalized spacial score (nSPS) is 11.4. The van der Waals surface area contributed by atoms with Gasteiger partial charge in [0.15, 0.2) is 0 Å². The Morgan fingerprint density at radius 3 is 2.21 bits per heavy atom. The zero-order valence-electron chi connectivity index (χ0n) is 14.9. The molecule has 1 aromatic heterocycles. The van der Waals surface area contributed by atoms with E-state index in [4.69, 9.17) is 0 Å². The minimum absolute atomic E-state index is 0.0539. The third-order valence-electron chi connectivity index (χ3n) is 4.23. The van der Waals surface area contributed by atoms with Gasteiger partial charge >= 0.3 is 0 Å². The molecule has 28 heavy (non-hydrogen) atoms. The smallest absolute Gasteiger partial charge is 0.207 e. The lowest BCUT2D eigenvalue weighted by Gasteiger charge is -2.11. The van der Waals surface area contributed by atoms with Crippen LogP contribution in [0.3, 0.4) is 0 Å². The molecular weight excluding hydrogens is 372 g/mol. The van der Waals surface area contributed by atoms with Crippen LogP contribution in [0.25, 0.3) is 16.8 Å². The second-order valence-electron chi connectivity index (χ2n) is 6.15. The SMILES string of the molecule is O=S(=O)(NCc1cnn(-c2ccccc2)n1)c1ccccc1-c1ccccc1. The van der Waals surface area contributed by atoms with Crippen LogP contribution in [0.1, 0.15) is 5.69 Å². The van der Waals surface area contributed by atoms with Crippen molar-refractivity contribution in [3.05, 3.63) is 96.8 Å². The summed E-state index contributed by atoms with van der Waals surface area (Å²) in [5.74, 6) is 0. The van der Waals surface area contributed by atoms with Gasteiger partial charge < -0.3 is 0 Å². The van der Waals surface area contributed by atoms with Gasteiger partial charge in [-0.1, -0.05) is 66.7 Å². The lowest BCUT2D eigenvalue weighted by atomic mass is 10.1. The first kappa shape index (κ1) is 18.1. The van der Waals surface area contributed by atoms with E-state index in [-0.39, 0.29) is 11.4 Å². The molecule has 7 heteroatoms. The molecule has 0 aliphatic rings. The number of hydrogen-bond acceptors (Lipinski definition) is 4. The Bertz CT molecular complexity index is 1170. The minimum Gasteiger partial charge on any atom is -0.207 e. The van der Waals surface area contributed by atoms with Gasteiger partial charge in [-0.05, 0) is 23.8 Å². The molecule has 6 nitrogen and oxygen atoms in total. The Morgan fingerprint density at radius 1 is 0.821 bits per heavy atom. The quantitative estimate of drug-likeness (QED) is 0.547. The summed E-state index contributed by atoms with van der Waals surface area (Å²) < 4.78 is 28.4. The van der Waals surface area contributed by atoms with Crippen molar-refractivity contribution in [1.82, 2.24) is 19.7 Å². The van der Waals surface area contributed by atoms with Crippen molar-refractivity contribution < 1.29 is 8.42 Å². The zero-order chi connectivity index (χ0) is 19.4. The topological polar surface area (TPSA) is 76.9 Å². The number of benzene rings is 3. The molecule has 0 radical (unpaired) electrons. The van der Waals surface area contributed by atoms with Gasteiger partial charge in [0.25, 0.3) is 0 Å². The number of sulfonamides is 1. The Labute approximate surface area is 163 Å². The van der Waals surface area contributed by atoms with E-state index in [0.717, 1.165) is 11.3 Å². The molecule has 0 fully saturated rings. The van der Waals surface area contributed by atoms with Crippen LogP contribution >= 0.6 is 0 Å². The molecular formula is C21H18N4O2S. The standard InChI is InChI=1S/C21H18N4O2S/c26-28(27,21-14-8-7-13-20(21)17-9-3-1-4-10-17)23-16-18-15-22-25(24-18)19-11-5-2-6-12-19/h1-15,23H,16H2. The lowest BCUT2D eigenvalue weighted by Crippen LogP contribution is -2.24. The first-order valence-corrected chi connectivity index (χ1v) is 10.2. The molecule has 0 saturated carbocycles. The van der Waals surface area contributed by atoms with Gasteiger partial charge in [0.2, 0.25) is 10.0 Å². The van der Waals surface area contributed by atoms with Crippen LogP contribution in [0, 0.1) is 0 Å². The summed E-state index contributed by atoms with van der Waals surface area (Å²) in [6, 6.07) is 25.8. The van der Waals surface area contributed by atoms with Crippen LogP contribution in [0.4, 0.5) is 0 Å². The van der Waals surface area contributed by atoms with Crippen LogP contribution in [0.2, 0.25) is 0 Å². The van der Waals surface area contributed by atoms with E-state index in [1.165, 1.54) is 4.80 Å². The van der Waals surface area contributed by atoms with E-state index in [9.17, 15) is 8.42 Å². The summed E-state index contributed by atoms with van der Waals surface area (Å²) in [5, 5.41) is 8.53. The largest absolute Gasteiger partial charge is 0.241 e. The predicted octanol–water partition coefficient (Wildman–Crippen LogP) is 3.41. The third-order valence-corrected chi connectivity index (χ3v) is 5.69. The summed E-state index contributed by atoms with van der Waals surface area (Å²) in [6.07, 6.45) is 1.55. The van der Waals surface area contributed by atoms with Crippen molar-refractivity contribution in [2.24, 2.45) is 0 Å². The van der Waals surface area contributed by atoms with Crippen LogP contribution in [0.5, 0.6) is 0 Å². The number of nitrogens with one attached hydrogen (secondary N) is 1. The summed E-state index contributed by atoms with van der Waals surface area (Å²) in [7, 11) is -3.72. The lowest BCUT2D eigenvalue weighted by molar-refractivity contribution is 0.580. The van der Waals surface area contributed by atoms with Crippen molar-refractivity contribution >= 4 is 10.0 Å². The Hall–Kier alpha value is -3.29. The molecule has 0 spiro atoms. The molecule has 1 heterocycles. The monoisotopic (exact) mass is 390 g/mol. The Balaban J connectivity index is 1.56. The molecule has 140 valence electrons. The van der Waals surface area contributed by atoms with E-state index in [1.54, 1.807) is 24.4 Å². The van der Waals surface area contributed by atoms with Crippen LogP contribution in [-0.4, -0.2) is 23.4 Å². The molecule has 3 aromatic carbocycles. The molecule has 4 rings (SSSR count). The number of nitrogens with zero attached hydrogens (tertiary/aromatic N) is 3. The fraction of sp³-hybridized carbons (Fsp3) is 0.0476. The van der Waals surface area contributed by atoms with E-state index >= 15 is 0 Å². The molecule has 0 atom stereocenters. The number of hydrogen-bond donors (Lipinski definition) is 1. The molecule has 0 unspecified atom stereocenters.